The lowest BCUT2D eigenvalue weighted by Gasteiger charge is -2.32. The molecule has 0 spiro atoms. The van der Waals surface area contributed by atoms with Crippen molar-refractivity contribution in [2.24, 2.45) is 0 Å². The Morgan fingerprint density at radius 2 is 2.14 bits per heavy atom. The van der Waals surface area contributed by atoms with Gasteiger partial charge in [0.05, 0.1) is 41.9 Å². The Kier molecular flexibility index (Phi) is 6.45. The third kappa shape index (κ3) is 5.15. The fourth-order valence-electron chi connectivity index (χ4n) is 4.45. The maximum Gasteiger partial charge on any atom is 0.253 e. The summed E-state index contributed by atoms with van der Waals surface area (Å²) in [4.78, 5) is 23.3. The van der Waals surface area contributed by atoms with Gasteiger partial charge in [0.25, 0.3) is 5.91 Å². The molecule has 1 aromatic carbocycles. The quantitative estimate of drug-likeness (QED) is 0.475. The zero-order valence-corrected chi connectivity index (χ0v) is 20.5. The number of rotatable bonds is 6. The Bertz CT molecular complexity index is 1250. The topological polar surface area (TPSA) is 117 Å². The number of carbonyl (C=O) groups is 1. The van der Waals surface area contributed by atoms with E-state index >= 15 is 0 Å². The second kappa shape index (κ2) is 9.54. The van der Waals surface area contributed by atoms with Crippen molar-refractivity contribution in [1.82, 2.24) is 25.1 Å². The summed E-state index contributed by atoms with van der Waals surface area (Å²) in [7, 11) is 0. The first kappa shape index (κ1) is 23.7. The number of ether oxygens (including phenoxy) is 1. The SMILES string of the molecule is CC(C)(O)Cn1cc(-c2nc(Nc3ccc(N4CCOCC4=O)c4c3CCNC4)ncc2Cl)cn1. The van der Waals surface area contributed by atoms with Crippen LogP contribution in [0.25, 0.3) is 11.3 Å². The maximum absolute atomic E-state index is 12.5. The summed E-state index contributed by atoms with van der Waals surface area (Å²) in [5, 5.41) is 21.6. The largest absolute Gasteiger partial charge is 0.389 e. The Morgan fingerprint density at radius 1 is 1.29 bits per heavy atom. The molecular formula is C24H28ClN7O3. The van der Waals surface area contributed by atoms with Crippen LogP contribution >= 0.6 is 11.6 Å². The van der Waals surface area contributed by atoms with Gasteiger partial charge in [-0.2, -0.15) is 5.10 Å². The van der Waals surface area contributed by atoms with E-state index in [2.05, 4.69) is 25.7 Å². The molecular weight excluding hydrogens is 470 g/mol. The van der Waals surface area contributed by atoms with Crippen LogP contribution in [-0.4, -0.2) is 62.7 Å². The zero-order valence-electron chi connectivity index (χ0n) is 19.7. The van der Waals surface area contributed by atoms with Crippen molar-refractivity contribution < 1.29 is 14.6 Å². The lowest BCUT2D eigenvalue weighted by molar-refractivity contribution is -0.125. The average molecular weight is 498 g/mol. The third-order valence-corrected chi connectivity index (χ3v) is 6.26. The fourth-order valence-corrected chi connectivity index (χ4v) is 4.65. The molecule has 1 saturated heterocycles. The summed E-state index contributed by atoms with van der Waals surface area (Å²) in [6, 6.07) is 3.94. The minimum Gasteiger partial charge on any atom is -0.389 e. The Balaban J connectivity index is 1.44. The summed E-state index contributed by atoms with van der Waals surface area (Å²) in [6.07, 6.45) is 5.85. The number of hydrogen-bond donors (Lipinski definition) is 3. The van der Waals surface area contributed by atoms with Crippen LogP contribution in [0.4, 0.5) is 17.3 Å². The molecule has 0 radical (unpaired) electrons. The number of hydrogen-bond acceptors (Lipinski definition) is 8. The molecule has 1 fully saturated rings. The second-order valence-corrected chi connectivity index (χ2v) is 9.78. The van der Waals surface area contributed by atoms with Gasteiger partial charge in [-0.1, -0.05) is 11.6 Å². The van der Waals surface area contributed by atoms with Crippen LogP contribution < -0.4 is 15.5 Å². The summed E-state index contributed by atoms with van der Waals surface area (Å²) in [5.41, 5.74) is 4.45. The number of halogens is 1. The fraction of sp³-hybridized carbons (Fsp3) is 0.417. The number of aliphatic hydroxyl groups is 1. The maximum atomic E-state index is 12.5. The van der Waals surface area contributed by atoms with E-state index in [-0.39, 0.29) is 12.5 Å². The molecule has 0 aliphatic carbocycles. The normalized spacial score (nSPS) is 16.3. The second-order valence-electron chi connectivity index (χ2n) is 9.37. The minimum absolute atomic E-state index is 0.0273. The van der Waals surface area contributed by atoms with Gasteiger partial charge in [0, 0.05) is 36.2 Å². The van der Waals surface area contributed by atoms with Gasteiger partial charge >= 0.3 is 0 Å². The van der Waals surface area contributed by atoms with E-state index in [9.17, 15) is 9.90 Å². The van der Waals surface area contributed by atoms with E-state index in [4.69, 9.17) is 16.3 Å². The summed E-state index contributed by atoms with van der Waals surface area (Å²) < 4.78 is 6.96. The highest BCUT2D eigenvalue weighted by molar-refractivity contribution is 6.32. The van der Waals surface area contributed by atoms with Crippen molar-refractivity contribution in [3.05, 3.63) is 46.9 Å². The number of anilines is 3. The lowest BCUT2D eigenvalue weighted by atomic mass is 9.96. The number of nitrogens with zero attached hydrogens (tertiary/aromatic N) is 5. The van der Waals surface area contributed by atoms with E-state index in [1.807, 2.05) is 12.1 Å². The van der Waals surface area contributed by atoms with E-state index in [0.29, 0.717) is 42.9 Å². The van der Waals surface area contributed by atoms with E-state index in [1.54, 1.807) is 42.0 Å². The van der Waals surface area contributed by atoms with Gasteiger partial charge in [-0.15, -0.1) is 0 Å². The number of morpholine rings is 1. The molecule has 0 saturated carbocycles. The molecule has 4 heterocycles. The Hall–Kier alpha value is -3.05. The van der Waals surface area contributed by atoms with Crippen molar-refractivity contribution in [3.8, 4) is 11.3 Å². The molecule has 184 valence electrons. The van der Waals surface area contributed by atoms with Gasteiger partial charge in [0.1, 0.15) is 6.61 Å². The Labute approximate surface area is 208 Å². The highest BCUT2D eigenvalue weighted by atomic mass is 35.5. The first-order valence-electron chi connectivity index (χ1n) is 11.6. The molecule has 0 unspecified atom stereocenters. The highest BCUT2D eigenvalue weighted by Crippen LogP contribution is 2.34. The van der Waals surface area contributed by atoms with Crippen molar-refractivity contribution >= 4 is 34.8 Å². The van der Waals surface area contributed by atoms with Crippen molar-refractivity contribution in [3.63, 3.8) is 0 Å². The molecule has 1 amide bonds. The molecule has 0 atom stereocenters. The number of aromatic nitrogens is 4. The number of fused-ring (bicyclic) bond motifs is 1. The first-order chi connectivity index (χ1) is 16.8. The predicted octanol–water partition coefficient (Wildman–Crippen LogP) is 2.52. The number of nitrogens with one attached hydrogen (secondary N) is 2. The number of carbonyl (C=O) groups excluding carboxylic acids is 1. The molecule has 2 aliphatic rings. The van der Waals surface area contributed by atoms with Crippen LogP contribution in [0.5, 0.6) is 0 Å². The van der Waals surface area contributed by atoms with Gasteiger partial charge in [-0.25, -0.2) is 9.97 Å². The van der Waals surface area contributed by atoms with E-state index in [0.717, 1.165) is 41.0 Å². The number of amides is 1. The molecule has 5 rings (SSSR count). The van der Waals surface area contributed by atoms with E-state index < -0.39 is 5.60 Å². The van der Waals surface area contributed by atoms with Gasteiger partial charge in [0.2, 0.25) is 5.95 Å². The first-order valence-corrected chi connectivity index (χ1v) is 11.9. The Morgan fingerprint density at radius 3 is 2.94 bits per heavy atom. The summed E-state index contributed by atoms with van der Waals surface area (Å²) in [6.45, 7) is 6.50. The molecule has 35 heavy (non-hydrogen) atoms. The third-order valence-electron chi connectivity index (χ3n) is 5.98. The number of benzene rings is 1. The molecule has 2 aliphatic heterocycles. The standard InChI is InChI=1S/C24H28ClN7O3/c1-24(2,34)14-31-12-15(9-28-31)22-18(25)11-27-23(30-22)29-19-3-4-20(17-10-26-6-5-16(17)19)32-7-8-35-13-21(32)33/h3-4,9,11-12,26,34H,5-8,10,13-14H2,1-2H3,(H,27,29,30). The smallest absolute Gasteiger partial charge is 0.253 e. The van der Waals surface area contributed by atoms with Crippen LogP contribution in [0.15, 0.2) is 30.7 Å². The van der Waals surface area contributed by atoms with Crippen molar-refractivity contribution in [2.75, 3.05) is 36.5 Å². The van der Waals surface area contributed by atoms with Crippen LogP contribution in [-0.2, 0) is 29.0 Å². The lowest BCUT2D eigenvalue weighted by Crippen LogP contribution is -2.43. The molecule has 3 aromatic rings. The molecule has 0 bridgehead atoms. The van der Waals surface area contributed by atoms with Gasteiger partial charge in [0.15, 0.2) is 0 Å². The minimum atomic E-state index is -0.891. The van der Waals surface area contributed by atoms with Gasteiger partial charge in [-0.3, -0.25) is 9.48 Å². The highest BCUT2D eigenvalue weighted by Gasteiger charge is 2.26. The molecule has 10 nitrogen and oxygen atoms in total. The van der Waals surface area contributed by atoms with Crippen LogP contribution in [0.1, 0.15) is 25.0 Å². The van der Waals surface area contributed by atoms with E-state index in [1.165, 1.54) is 0 Å². The van der Waals surface area contributed by atoms with Crippen LogP contribution in [0.3, 0.4) is 0 Å². The van der Waals surface area contributed by atoms with Crippen LogP contribution in [0, 0.1) is 0 Å². The average Bonchev–Trinajstić information content (AvgIpc) is 3.27. The molecule has 2 aromatic heterocycles. The zero-order chi connectivity index (χ0) is 24.6. The van der Waals surface area contributed by atoms with Crippen LogP contribution in [0.2, 0.25) is 5.02 Å². The predicted molar refractivity (Wildman–Crippen MR) is 133 cm³/mol. The van der Waals surface area contributed by atoms with Crippen molar-refractivity contribution in [2.45, 2.75) is 39.0 Å². The monoisotopic (exact) mass is 497 g/mol. The summed E-state index contributed by atoms with van der Waals surface area (Å²) in [5.74, 6) is 0.385. The van der Waals surface area contributed by atoms with Crippen molar-refractivity contribution in [1.29, 1.82) is 0 Å². The summed E-state index contributed by atoms with van der Waals surface area (Å²) >= 11 is 6.42. The molecule has 11 heteroatoms. The van der Waals surface area contributed by atoms with Gasteiger partial charge < -0.3 is 25.4 Å². The molecule has 3 N–H and O–H groups in total. The van der Waals surface area contributed by atoms with Gasteiger partial charge in [-0.05, 0) is 50.1 Å².